The molecule has 7 nitrogen and oxygen atoms in total. The summed E-state index contributed by atoms with van der Waals surface area (Å²) in [6, 6.07) is 2.03. The van der Waals surface area contributed by atoms with Crippen LogP contribution in [0.3, 0.4) is 0 Å². The molecule has 0 aromatic carbocycles. The number of aliphatic carboxylic acids is 1. The number of hydrogen-bond donors (Lipinski definition) is 1. The van der Waals surface area contributed by atoms with Crippen LogP contribution in [0.2, 0.25) is 0 Å². The Bertz CT molecular complexity index is 709. The maximum Gasteiger partial charge on any atom is 0.490 e. The fourth-order valence-corrected chi connectivity index (χ4v) is 4.26. The lowest BCUT2D eigenvalue weighted by atomic mass is 9.88. The number of piperidine rings is 1. The van der Waals surface area contributed by atoms with Crippen LogP contribution in [-0.2, 0) is 20.9 Å². The number of carboxylic acid groups (broad SMARTS) is 1. The van der Waals surface area contributed by atoms with E-state index in [0.717, 1.165) is 71.2 Å². The monoisotopic (exact) mass is 432 g/mol. The number of likely N-dealkylation sites (tertiary alicyclic amines) is 2. The van der Waals surface area contributed by atoms with E-state index < -0.39 is 12.1 Å². The zero-order valence-corrected chi connectivity index (χ0v) is 16.7. The largest absolute Gasteiger partial charge is 0.490 e. The van der Waals surface area contributed by atoms with Gasteiger partial charge in [0.2, 0.25) is 0 Å². The van der Waals surface area contributed by atoms with Crippen molar-refractivity contribution in [2.45, 2.75) is 63.0 Å². The van der Waals surface area contributed by atoms with Gasteiger partial charge in [0.1, 0.15) is 6.10 Å². The standard InChI is InChI=1S/C18H26N2O3.C2HF3O2/c21-17(20-8-1-2-9-20)16-3-5-18(23-16)6-10-19(11-7-18)13-15-4-12-22-14-15;3-2(4,5)1(6)7/h4,12,14,16H,1-3,5-11,13H2;(H,6,7). The zero-order valence-electron chi connectivity index (χ0n) is 16.7. The summed E-state index contributed by atoms with van der Waals surface area (Å²) in [6.45, 7) is 4.86. The van der Waals surface area contributed by atoms with Gasteiger partial charge in [-0.15, -0.1) is 0 Å². The van der Waals surface area contributed by atoms with E-state index in [2.05, 4.69) is 4.90 Å². The second-order valence-corrected chi connectivity index (χ2v) is 8.07. The Morgan fingerprint density at radius 1 is 1.13 bits per heavy atom. The highest BCUT2D eigenvalue weighted by Crippen LogP contribution is 2.39. The normalized spacial score (nSPS) is 24.0. The first-order chi connectivity index (χ1) is 14.2. The van der Waals surface area contributed by atoms with Crippen molar-refractivity contribution in [1.82, 2.24) is 9.80 Å². The van der Waals surface area contributed by atoms with Crippen molar-refractivity contribution >= 4 is 11.9 Å². The van der Waals surface area contributed by atoms with Gasteiger partial charge in [0, 0.05) is 38.3 Å². The Balaban J connectivity index is 0.000000318. The molecule has 3 saturated heterocycles. The first kappa shape index (κ1) is 22.6. The molecule has 30 heavy (non-hydrogen) atoms. The molecule has 4 heterocycles. The number of hydrogen-bond acceptors (Lipinski definition) is 5. The van der Waals surface area contributed by atoms with Crippen molar-refractivity contribution < 1.29 is 37.0 Å². The summed E-state index contributed by atoms with van der Waals surface area (Å²) >= 11 is 0. The summed E-state index contributed by atoms with van der Waals surface area (Å²) in [5.74, 6) is -2.52. The highest BCUT2D eigenvalue weighted by molar-refractivity contribution is 5.81. The summed E-state index contributed by atoms with van der Waals surface area (Å²) in [5.41, 5.74) is 1.18. The van der Waals surface area contributed by atoms with E-state index in [1.807, 2.05) is 17.2 Å². The summed E-state index contributed by atoms with van der Waals surface area (Å²) in [6.07, 6.45) is 4.58. The van der Waals surface area contributed by atoms with Crippen molar-refractivity contribution in [3.05, 3.63) is 24.2 Å². The van der Waals surface area contributed by atoms with E-state index in [4.69, 9.17) is 19.1 Å². The third-order valence-electron chi connectivity index (χ3n) is 5.94. The molecule has 3 aliphatic rings. The number of carboxylic acids is 1. The lowest BCUT2D eigenvalue weighted by molar-refractivity contribution is -0.192. The van der Waals surface area contributed by atoms with Crippen LogP contribution in [0.25, 0.3) is 0 Å². The second-order valence-electron chi connectivity index (χ2n) is 8.07. The molecule has 4 rings (SSSR count). The highest BCUT2D eigenvalue weighted by atomic mass is 19.4. The molecule has 1 aromatic rings. The van der Waals surface area contributed by atoms with Gasteiger partial charge in [0.05, 0.1) is 18.1 Å². The van der Waals surface area contributed by atoms with Crippen LogP contribution < -0.4 is 0 Å². The van der Waals surface area contributed by atoms with Gasteiger partial charge in [0.25, 0.3) is 5.91 Å². The summed E-state index contributed by atoms with van der Waals surface area (Å²) in [4.78, 5) is 25.9. The molecule has 1 N–H and O–H groups in total. The minimum absolute atomic E-state index is 0.0487. The van der Waals surface area contributed by atoms with Crippen molar-refractivity contribution in [1.29, 1.82) is 0 Å². The van der Waals surface area contributed by atoms with Gasteiger partial charge in [-0.3, -0.25) is 9.69 Å². The third-order valence-corrected chi connectivity index (χ3v) is 5.94. The number of amides is 1. The Kier molecular flexibility index (Phi) is 7.07. The van der Waals surface area contributed by atoms with Crippen LogP contribution in [0.4, 0.5) is 13.2 Å². The number of carbonyl (C=O) groups is 2. The van der Waals surface area contributed by atoms with Crippen LogP contribution >= 0.6 is 0 Å². The quantitative estimate of drug-likeness (QED) is 0.791. The molecule has 1 amide bonds. The molecule has 0 radical (unpaired) electrons. The van der Waals surface area contributed by atoms with Gasteiger partial charge in [-0.1, -0.05) is 0 Å². The molecule has 3 fully saturated rings. The van der Waals surface area contributed by atoms with Gasteiger partial charge < -0.3 is 19.2 Å². The Labute approximate surface area is 172 Å². The first-order valence-corrected chi connectivity index (χ1v) is 10.2. The molecule has 1 spiro atoms. The van der Waals surface area contributed by atoms with Crippen molar-refractivity contribution in [2.75, 3.05) is 26.2 Å². The number of halogens is 3. The van der Waals surface area contributed by atoms with Gasteiger partial charge in [-0.2, -0.15) is 13.2 Å². The average Bonchev–Trinajstić information content (AvgIpc) is 3.45. The Hall–Kier alpha value is -2.07. The summed E-state index contributed by atoms with van der Waals surface area (Å²) in [7, 11) is 0. The van der Waals surface area contributed by atoms with E-state index in [0.29, 0.717) is 0 Å². The molecule has 1 atom stereocenters. The lowest BCUT2D eigenvalue weighted by Gasteiger charge is -2.39. The zero-order chi connectivity index (χ0) is 21.8. The minimum atomic E-state index is -5.08. The topological polar surface area (TPSA) is 83.2 Å². The fraction of sp³-hybridized carbons (Fsp3) is 0.700. The number of carbonyl (C=O) groups excluding carboxylic acids is 1. The molecule has 10 heteroatoms. The molecule has 0 saturated carbocycles. The van der Waals surface area contributed by atoms with Crippen molar-refractivity contribution in [3.63, 3.8) is 0 Å². The lowest BCUT2D eigenvalue weighted by Crippen LogP contribution is -2.45. The number of ether oxygens (including phenoxy) is 1. The molecular weight excluding hydrogens is 405 g/mol. The highest BCUT2D eigenvalue weighted by Gasteiger charge is 2.45. The van der Waals surface area contributed by atoms with Gasteiger partial charge in [-0.25, -0.2) is 4.79 Å². The number of rotatable bonds is 3. The molecule has 3 aliphatic heterocycles. The Morgan fingerprint density at radius 2 is 1.77 bits per heavy atom. The molecular formula is C20H27F3N2O5. The third kappa shape index (κ3) is 5.75. The van der Waals surface area contributed by atoms with Crippen LogP contribution in [0.1, 0.15) is 44.1 Å². The minimum Gasteiger partial charge on any atom is -0.475 e. The predicted molar refractivity (Wildman–Crippen MR) is 99.6 cm³/mol. The summed E-state index contributed by atoms with van der Waals surface area (Å²) < 4.78 is 43.2. The van der Waals surface area contributed by atoms with Crippen molar-refractivity contribution in [2.24, 2.45) is 0 Å². The maximum atomic E-state index is 12.5. The van der Waals surface area contributed by atoms with E-state index in [1.54, 1.807) is 6.26 Å². The number of furan rings is 1. The van der Waals surface area contributed by atoms with E-state index in [1.165, 1.54) is 5.56 Å². The smallest absolute Gasteiger partial charge is 0.475 e. The van der Waals surface area contributed by atoms with Crippen LogP contribution in [0, 0.1) is 0 Å². The Morgan fingerprint density at radius 3 is 2.30 bits per heavy atom. The molecule has 0 aliphatic carbocycles. The van der Waals surface area contributed by atoms with Crippen LogP contribution in [-0.4, -0.2) is 70.8 Å². The predicted octanol–water partition coefficient (Wildman–Crippen LogP) is 3.05. The second kappa shape index (κ2) is 9.38. The molecule has 1 unspecified atom stereocenters. The van der Waals surface area contributed by atoms with Gasteiger partial charge in [0.15, 0.2) is 0 Å². The van der Waals surface area contributed by atoms with E-state index >= 15 is 0 Å². The van der Waals surface area contributed by atoms with Gasteiger partial charge >= 0.3 is 12.1 Å². The van der Waals surface area contributed by atoms with Crippen LogP contribution in [0.5, 0.6) is 0 Å². The van der Waals surface area contributed by atoms with E-state index in [-0.39, 0.29) is 17.6 Å². The van der Waals surface area contributed by atoms with Gasteiger partial charge in [-0.05, 0) is 44.6 Å². The number of alkyl halides is 3. The SMILES string of the molecule is O=C(C1CCC2(CCN(Cc3ccoc3)CC2)O1)N1CCCC1.O=C(O)C(F)(F)F. The molecule has 168 valence electrons. The van der Waals surface area contributed by atoms with Crippen LogP contribution in [0.15, 0.2) is 23.0 Å². The maximum absolute atomic E-state index is 12.5. The molecule has 1 aromatic heterocycles. The number of nitrogens with zero attached hydrogens (tertiary/aromatic N) is 2. The molecule has 0 bridgehead atoms. The van der Waals surface area contributed by atoms with Crippen molar-refractivity contribution in [3.8, 4) is 0 Å². The summed E-state index contributed by atoms with van der Waals surface area (Å²) in [5, 5.41) is 7.12. The fourth-order valence-electron chi connectivity index (χ4n) is 4.26. The average molecular weight is 432 g/mol. The van der Waals surface area contributed by atoms with E-state index in [9.17, 15) is 18.0 Å². The first-order valence-electron chi connectivity index (χ1n) is 10.2.